The molecule has 94 valence electrons. The van der Waals surface area contributed by atoms with Gasteiger partial charge in [-0.25, -0.2) is 0 Å². The Hall–Kier alpha value is -0.710. The van der Waals surface area contributed by atoms with Crippen molar-refractivity contribution in [3.8, 4) is 0 Å². The van der Waals surface area contributed by atoms with Crippen LogP contribution in [-0.4, -0.2) is 52.2 Å². The third-order valence-corrected chi connectivity index (χ3v) is 3.67. The van der Waals surface area contributed by atoms with Gasteiger partial charge in [-0.2, -0.15) is 5.10 Å². The predicted octanol–water partition coefficient (Wildman–Crippen LogP) is 1.66. The Bertz CT molecular complexity index is 377. The Labute approximate surface area is 108 Å². The molecule has 0 aliphatic carbocycles. The second kappa shape index (κ2) is 4.88. The van der Waals surface area contributed by atoms with Crippen molar-refractivity contribution in [2.24, 2.45) is 0 Å². The number of likely N-dealkylation sites (N-methyl/N-ethyl adjacent to an activating group) is 1. The molecule has 4 nitrogen and oxygen atoms in total. The third kappa shape index (κ3) is 3.15. The Morgan fingerprint density at radius 2 is 2.06 bits per heavy atom. The van der Waals surface area contributed by atoms with Crippen LogP contribution in [0.4, 0.5) is 0 Å². The lowest BCUT2D eigenvalue weighted by Gasteiger charge is -2.45. The van der Waals surface area contributed by atoms with Gasteiger partial charge in [-0.1, -0.05) is 11.6 Å². The van der Waals surface area contributed by atoms with E-state index < -0.39 is 0 Å². The zero-order chi connectivity index (χ0) is 12.5. The Balaban J connectivity index is 1.98. The van der Waals surface area contributed by atoms with E-state index in [-0.39, 0.29) is 5.54 Å². The van der Waals surface area contributed by atoms with Crippen molar-refractivity contribution in [2.45, 2.75) is 25.9 Å². The summed E-state index contributed by atoms with van der Waals surface area (Å²) in [6.45, 7) is 8.60. The Morgan fingerprint density at radius 3 is 2.65 bits per heavy atom. The molecule has 0 radical (unpaired) electrons. The van der Waals surface area contributed by atoms with Crippen LogP contribution < -0.4 is 0 Å². The second-order valence-electron chi connectivity index (χ2n) is 5.29. The quantitative estimate of drug-likeness (QED) is 0.804. The molecule has 5 heteroatoms. The van der Waals surface area contributed by atoms with Crippen LogP contribution in [0.15, 0.2) is 12.1 Å². The van der Waals surface area contributed by atoms with E-state index in [0.717, 1.165) is 31.9 Å². The molecule has 0 unspecified atom stereocenters. The highest BCUT2D eigenvalue weighted by atomic mass is 35.5. The molecule has 1 fully saturated rings. The first kappa shape index (κ1) is 12.7. The van der Waals surface area contributed by atoms with Crippen LogP contribution in [-0.2, 0) is 6.54 Å². The van der Waals surface area contributed by atoms with Gasteiger partial charge in [0.25, 0.3) is 0 Å². The molecule has 0 N–H and O–H groups in total. The minimum atomic E-state index is 0.220. The van der Waals surface area contributed by atoms with Crippen LogP contribution in [0.5, 0.6) is 0 Å². The zero-order valence-electron chi connectivity index (χ0n) is 10.6. The molecule has 1 aliphatic rings. The molecule has 0 amide bonds. The monoisotopic (exact) mass is 254 g/mol. The molecule has 0 saturated carbocycles. The topological polar surface area (TPSA) is 32.3 Å². The molecule has 1 aliphatic heterocycles. The first-order valence-corrected chi connectivity index (χ1v) is 6.27. The molecule has 17 heavy (non-hydrogen) atoms. The van der Waals surface area contributed by atoms with Gasteiger partial charge in [0.15, 0.2) is 5.15 Å². The zero-order valence-corrected chi connectivity index (χ0v) is 11.4. The van der Waals surface area contributed by atoms with Crippen molar-refractivity contribution >= 4 is 11.6 Å². The summed E-state index contributed by atoms with van der Waals surface area (Å²) in [6, 6.07) is 3.74. The summed E-state index contributed by atoms with van der Waals surface area (Å²) in [7, 11) is 2.18. The van der Waals surface area contributed by atoms with Crippen molar-refractivity contribution in [1.29, 1.82) is 0 Å². The largest absolute Gasteiger partial charge is 0.299 e. The van der Waals surface area contributed by atoms with Crippen molar-refractivity contribution in [3.05, 3.63) is 23.0 Å². The fraction of sp³-hybridized carbons (Fsp3) is 0.667. The standard InChI is InChI=1S/C12H19ClN4/c1-12(2)9-17(7-6-16(12)3)8-10-4-5-11(13)15-14-10/h4-5H,6-9H2,1-3H3. The van der Waals surface area contributed by atoms with E-state index in [9.17, 15) is 0 Å². The van der Waals surface area contributed by atoms with Gasteiger partial charge in [0, 0.05) is 31.7 Å². The van der Waals surface area contributed by atoms with E-state index in [1.54, 1.807) is 6.07 Å². The molecular weight excluding hydrogens is 236 g/mol. The molecule has 0 spiro atoms. The third-order valence-electron chi connectivity index (χ3n) is 3.47. The maximum atomic E-state index is 5.72. The van der Waals surface area contributed by atoms with E-state index in [2.05, 4.69) is 40.9 Å². The van der Waals surface area contributed by atoms with Crippen molar-refractivity contribution in [1.82, 2.24) is 20.0 Å². The van der Waals surface area contributed by atoms with Gasteiger partial charge < -0.3 is 0 Å². The summed E-state index contributed by atoms with van der Waals surface area (Å²) < 4.78 is 0. The van der Waals surface area contributed by atoms with Crippen molar-refractivity contribution in [2.75, 3.05) is 26.7 Å². The highest BCUT2D eigenvalue weighted by Crippen LogP contribution is 2.19. The Kier molecular flexibility index (Phi) is 3.66. The molecule has 1 saturated heterocycles. The molecule has 0 bridgehead atoms. The number of rotatable bonds is 2. The first-order valence-electron chi connectivity index (χ1n) is 5.89. The number of hydrogen-bond acceptors (Lipinski definition) is 4. The van der Waals surface area contributed by atoms with E-state index in [1.807, 2.05) is 6.07 Å². The van der Waals surface area contributed by atoms with Gasteiger partial charge in [0.05, 0.1) is 5.69 Å². The average molecular weight is 255 g/mol. The lowest BCUT2D eigenvalue weighted by atomic mass is 10.00. The SMILES string of the molecule is CN1CCN(Cc2ccc(Cl)nn2)CC1(C)C. The molecule has 2 heterocycles. The van der Waals surface area contributed by atoms with E-state index in [0.29, 0.717) is 5.15 Å². The van der Waals surface area contributed by atoms with Crippen LogP contribution in [0.3, 0.4) is 0 Å². The molecule has 2 rings (SSSR count). The summed E-state index contributed by atoms with van der Waals surface area (Å²) in [6.07, 6.45) is 0. The van der Waals surface area contributed by atoms with Crippen LogP contribution >= 0.6 is 11.6 Å². The molecule has 0 aromatic carbocycles. The summed E-state index contributed by atoms with van der Waals surface area (Å²) >= 11 is 5.72. The summed E-state index contributed by atoms with van der Waals surface area (Å²) in [4.78, 5) is 4.81. The van der Waals surface area contributed by atoms with Crippen LogP contribution in [0, 0.1) is 0 Å². The number of nitrogens with zero attached hydrogens (tertiary/aromatic N) is 4. The number of piperazine rings is 1. The first-order chi connectivity index (χ1) is 7.97. The number of hydrogen-bond donors (Lipinski definition) is 0. The van der Waals surface area contributed by atoms with Gasteiger partial charge in [0.1, 0.15) is 0 Å². The average Bonchev–Trinajstić information content (AvgIpc) is 2.26. The number of aromatic nitrogens is 2. The van der Waals surface area contributed by atoms with Crippen LogP contribution in [0.25, 0.3) is 0 Å². The molecule has 1 aromatic heterocycles. The fourth-order valence-electron chi connectivity index (χ4n) is 2.13. The maximum absolute atomic E-state index is 5.72. The number of halogens is 1. The summed E-state index contributed by atoms with van der Waals surface area (Å²) in [5, 5.41) is 8.43. The fourth-order valence-corrected chi connectivity index (χ4v) is 2.23. The smallest absolute Gasteiger partial charge is 0.151 e. The van der Waals surface area contributed by atoms with E-state index >= 15 is 0 Å². The maximum Gasteiger partial charge on any atom is 0.151 e. The highest BCUT2D eigenvalue weighted by molar-refractivity contribution is 6.29. The lowest BCUT2D eigenvalue weighted by Crippen LogP contribution is -2.57. The van der Waals surface area contributed by atoms with Crippen molar-refractivity contribution in [3.63, 3.8) is 0 Å². The molecular formula is C12H19ClN4. The highest BCUT2D eigenvalue weighted by Gasteiger charge is 2.30. The minimum Gasteiger partial charge on any atom is -0.299 e. The predicted molar refractivity (Wildman–Crippen MR) is 69.0 cm³/mol. The van der Waals surface area contributed by atoms with Gasteiger partial charge in [0.2, 0.25) is 0 Å². The van der Waals surface area contributed by atoms with Gasteiger partial charge >= 0.3 is 0 Å². The van der Waals surface area contributed by atoms with Crippen molar-refractivity contribution < 1.29 is 0 Å². The molecule has 0 atom stereocenters. The summed E-state index contributed by atoms with van der Waals surface area (Å²) in [5.74, 6) is 0. The van der Waals surface area contributed by atoms with E-state index in [1.165, 1.54) is 0 Å². The van der Waals surface area contributed by atoms with Crippen LogP contribution in [0.1, 0.15) is 19.5 Å². The van der Waals surface area contributed by atoms with Gasteiger partial charge in [-0.3, -0.25) is 9.80 Å². The second-order valence-corrected chi connectivity index (χ2v) is 5.68. The molecule has 1 aromatic rings. The minimum absolute atomic E-state index is 0.220. The van der Waals surface area contributed by atoms with Gasteiger partial charge in [-0.05, 0) is 33.0 Å². The lowest BCUT2D eigenvalue weighted by molar-refractivity contribution is 0.0353. The van der Waals surface area contributed by atoms with E-state index in [4.69, 9.17) is 11.6 Å². The van der Waals surface area contributed by atoms with Gasteiger partial charge in [-0.15, -0.1) is 5.10 Å². The normalized spacial score (nSPS) is 21.6. The Morgan fingerprint density at radius 1 is 1.29 bits per heavy atom. The summed E-state index contributed by atoms with van der Waals surface area (Å²) in [5.41, 5.74) is 1.20. The van der Waals surface area contributed by atoms with Crippen LogP contribution in [0.2, 0.25) is 5.15 Å².